The van der Waals surface area contributed by atoms with Crippen molar-refractivity contribution >= 4 is 11.8 Å². The zero-order valence-electron chi connectivity index (χ0n) is 9.76. The van der Waals surface area contributed by atoms with Crippen LogP contribution in [0.15, 0.2) is 59.6 Å². The van der Waals surface area contributed by atoms with E-state index >= 15 is 0 Å². The lowest BCUT2D eigenvalue weighted by molar-refractivity contribution is 0.565. The van der Waals surface area contributed by atoms with Crippen LogP contribution in [0.25, 0.3) is 0 Å². The largest absolute Gasteiger partial charge is 0.240 e. The minimum absolute atomic E-state index is 0.563. The Morgan fingerprint density at radius 3 is 2.44 bits per heavy atom. The van der Waals surface area contributed by atoms with E-state index in [0.29, 0.717) is 12.1 Å². The Morgan fingerprint density at radius 1 is 0.944 bits per heavy atom. The maximum absolute atomic E-state index is 10.3. The standard InChI is InChI=1S/C16H11NO/c18-13-17-16-12-5-4-10-15(16)11-6-9-14-7-2-1-3-8-14/h1-5,7-8,10,12H,9H2. The molecule has 0 saturated heterocycles. The summed E-state index contributed by atoms with van der Waals surface area (Å²) in [6.45, 7) is 0. The monoisotopic (exact) mass is 233 g/mol. The molecule has 0 spiro atoms. The molecule has 0 aromatic heterocycles. The van der Waals surface area contributed by atoms with Crippen LogP contribution in [0.3, 0.4) is 0 Å². The molecule has 2 aromatic carbocycles. The van der Waals surface area contributed by atoms with Crippen LogP contribution in [0, 0.1) is 11.8 Å². The maximum Gasteiger partial charge on any atom is 0.240 e. The highest BCUT2D eigenvalue weighted by molar-refractivity contribution is 5.59. The summed E-state index contributed by atoms with van der Waals surface area (Å²) in [6, 6.07) is 17.3. The zero-order valence-corrected chi connectivity index (χ0v) is 9.76. The number of benzene rings is 2. The summed E-state index contributed by atoms with van der Waals surface area (Å²) in [5, 5.41) is 0. The third-order valence-corrected chi connectivity index (χ3v) is 2.43. The van der Waals surface area contributed by atoms with Crippen LogP contribution in [0.5, 0.6) is 0 Å². The summed E-state index contributed by atoms with van der Waals surface area (Å²) in [5.74, 6) is 6.10. The molecule has 2 nitrogen and oxygen atoms in total. The van der Waals surface area contributed by atoms with Gasteiger partial charge in [0.25, 0.3) is 0 Å². The lowest BCUT2D eigenvalue weighted by atomic mass is 10.1. The van der Waals surface area contributed by atoms with Crippen molar-refractivity contribution in [2.75, 3.05) is 0 Å². The van der Waals surface area contributed by atoms with Crippen molar-refractivity contribution in [1.29, 1.82) is 0 Å². The van der Waals surface area contributed by atoms with E-state index < -0.39 is 0 Å². The van der Waals surface area contributed by atoms with Crippen molar-refractivity contribution in [1.82, 2.24) is 0 Å². The van der Waals surface area contributed by atoms with E-state index in [2.05, 4.69) is 16.8 Å². The van der Waals surface area contributed by atoms with Gasteiger partial charge in [0.05, 0.1) is 11.3 Å². The third-order valence-electron chi connectivity index (χ3n) is 2.43. The van der Waals surface area contributed by atoms with Gasteiger partial charge in [0, 0.05) is 6.42 Å². The van der Waals surface area contributed by atoms with E-state index in [4.69, 9.17) is 0 Å². The number of para-hydroxylation sites is 1. The number of carbonyl (C=O) groups excluding carboxylic acids is 1. The van der Waals surface area contributed by atoms with E-state index in [-0.39, 0.29) is 0 Å². The molecule has 0 amide bonds. The van der Waals surface area contributed by atoms with Gasteiger partial charge in [-0.05, 0) is 17.7 Å². The Morgan fingerprint density at radius 2 is 1.67 bits per heavy atom. The molecule has 0 saturated carbocycles. The molecule has 2 aromatic rings. The average molecular weight is 233 g/mol. The molecule has 18 heavy (non-hydrogen) atoms. The lowest BCUT2D eigenvalue weighted by Gasteiger charge is -1.95. The topological polar surface area (TPSA) is 29.4 Å². The summed E-state index contributed by atoms with van der Waals surface area (Å²) in [5.41, 5.74) is 2.48. The lowest BCUT2D eigenvalue weighted by Crippen LogP contribution is -1.80. The first-order valence-electron chi connectivity index (χ1n) is 5.60. The molecule has 0 aliphatic heterocycles. The number of aliphatic imine (C=N–C) groups is 1. The number of hydrogen-bond donors (Lipinski definition) is 0. The third kappa shape index (κ3) is 3.18. The number of nitrogens with zero attached hydrogens (tertiary/aromatic N) is 1. The molecule has 0 N–H and O–H groups in total. The Kier molecular flexibility index (Phi) is 4.08. The normalized spacial score (nSPS) is 8.89. The number of isocyanates is 1. The first-order valence-corrected chi connectivity index (χ1v) is 5.60. The van der Waals surface area contributed by atoms with Crippen molar-refractivity contribution in [2.45, 2.75) is 6.42 Å². The van der Waals surface area contributed by atoms with Crippen molar-refractivity contribution in [3.05, 3.63) is 65.7 Å². The van der Waals surface area contributed by atoms with Crippen LogP contribution in [0.4, 0.5) is 5.69 Å². The van der Waals surface area contributed by atoms with Gasteiger partial charge in [-0.25, -0.2) is 4.79 Å². The van der Waals surface area contributed by atoms with E-state index in [9.17, 15) is 4.79 Å². The molecule has 0 atom stereocenters. The smallest absolute Gasteiger partial charge is 0.211 e. The fourth-order valence-corrected chi connectivity index (χ4v) is 1.56. The molecule has 0 unspecified atom stereocenters. The van der Waals surface area contributed by atoms with Crippen LogP contribution < -0.4 is 0 Å². The second kappa shape index (κ2) is 6.20. The van der Waals surface area contributed by atoms with Gasteiger partial charge in [0.2, 0.25) is 6.08 Å². The van der Waals surface area contributed by atoms with Gasteiger partial charge < -0.3 is 0 Å². The Balaban J connectivity index is 2.18. The Labute approximate surface area is 106 Å². The zero-order chi connectivity index (χ0) is 12.6. The van der Waals surface area contributed by atoms with Crippen LogP contribution >= 0.6 is 0 Å². The van der Waals surface area contributed by atoms with Gasteiger partial charge in [0.1, 0.15) is 0 Å². The summed E-state index contributed by atoms with van der Waals surface area (Å²) >= 11 is 0. The van der Waals surface area contributed by atoms with Crippen molar-refractivity contribution in [3.8, 4) is 11.8 Å². The summed E-state index contributed by atoms with van der Waals surface area (Å²) in [4.78, 5) is 13.9. The predicted molar refractivity (Wildman–Crippen MR) is 71.2 cm³/mol. The van der Waals surface area contributed by atoms with Gasteiger partial charge >= 0.3 is 0 Å². The summed E-state index contributed by atoms with van der Waals surface area (Å²) in [6.07, 6.45) is 2.22. The Bertz CT molecular complexity index is 629. The molecular weight excluding hydrogens is 222 g/mol. The van der Waals surface area contributed by atoms with Crippen LogP contribution in [0.2, 0.25) is 0 Å². The molecule has 2 rings (SSSR count). The van der Waals surface area contributed by atoms with Gasteiger partial charge in [-0.1, -0.05) is 54.3 Å². The van der Waals surface area contributed by atoms with E-state index in [1.54, 1.807) is 6.07 Å². The number of hydrogen-bond acceptors (Lipinski definition) is 2. The maximum atomic E-state index is 10.3. The van der Waals surface area contributed by atoms with Crippen molar-refractivity contribution < 1.29 is 4.79 Å². The molecule has 0 heterocycles. The van der Waals surface area contributed by atoms with Crippen molar-refractivity contribution in [3.63, 3.8) is 0 Å². The van der Waals surface area contributed by atoms with Gasteiger partial charge in [0.15, 0.2) is 0 Å². The first-order chi connectivity index (χ1) is 8.90. The average Bonchev–Trinajstić information content (AvgIpc) is 2.42. The minimum Gasteiger partial charge on any atom is -0.211 e. The molecule has 2 heteroatoms. The summed E-state index contributed by atoms with van der Waals surface area (Å²) in [7, 11) is 0. The molecule has 0 bridgehead atoms. The molecule has 86 valence electrons. The van der Waals surface area contributed by atoms with Crippen LogP contribution in [0.1, 0.15) is 11.1 Å². The first kappa shape index (κ1) is 11.9. The molecule has 0 aliphatic carbocycles. The molecule has 0 radical (unpaired) electrons. The van der Waals surface area contributed by atoms with Crippen molar-refractivity contribution in [2.24, 2.45) is 4.99 Å². The SMILES string of the molecule is O=C=Nc1ccccc1C#CCc1ccccc1. The quantitative estimate of drug-likeness (QED) is 0.445. The Hall–Kier alpha value is -2.62. The van der Waals surface area contributed by atoms with Gasteiger partial charge in [-0.2, -0.15) is 4.99 Å². The number of rotatable bonds is 2. The van der Waals surface area contributed by atoms with E-state index in [0.717, 1.165) is 5.56 Å². The second-order valence-corrected chi connectivity index (χ2v) is 3.68. The van der Waals surface area contributed by atoms with Crippen LogP contribution in [-0.2, 0) is 11.2 Å². The molecular formula is C16H11NO. The molecule has 0 fully saturated rings. The van der Waals surface area contributed by atoms with Gasteiger partial charge in [-0.3, -0.25) is 0 Å². The minimum atomic E-state index is 0.563. The highest BCUT2D eigenvalue weighted by Crippen LogP contribution is 2.16. The van der Waals surface area contributed by atoms with Gasteiger partial charge in [-0.15, -0.1) is 0 Å². The second-order valence-electron chi connectivity index (χ2n) is 3.68. The fourth-order valence-electron chi connectivity index (χ4n) is 1.56. The predicted octanol–water partition coefficient (Wildman–Crippen LogP) is 3.25. The fraction of sp³-hybridized carbons (Fsp3) is 0.0625. The van der Waals surface area contributed by atoms with E-state index in [1.165, 1.54) is 11.6 Å². The van der Waals surface area contributed by atoms with E-state index in [1.807, 2.05) is 48.5 Å². The highest BCUT2D eigenvalue weighted by atomic mass is 16.1. The summed E-state index contributed by atoms with van der Waals surface area (Å²) < 4.78 is 0. The highest BCUT2D eigenvalue weighted by Gasteiger charge is 1.95. The van der Waals surface area contributed by atoms with Crippen LogP contribution in [-0.4, -0.2) is 6.08 Å². The molecule has 0 aliphatic rings.